The van der Waals surface area contributed by atoms with E-state index in [-0.39, 0.29) is 0 Å². The summed E-state index contributed by atoms with van der Waals surface area (Å²) in [5.74, 6) is 0.643. The molecule has 0 radical (unpaired) electrons. The van der Waals surface area contributed by atoms with E-state index in [0.29, 0.717) is 11.3 Å². The van der Waals surface area contributed by atoms with Gasteiger partial charge in [-0.1, -0.05) is 32.0 Å². The highest BCUT2D eigenvalue weighted by molar-refractivity contribution is 5.61. The zero-order valence-electron chi connectivity index (χ0n) is 12.2. The van der Waals surface area contributed by atoms with Crippen molar-refractivity contribution in [2.45, 2.75) is 51.5 Å². The summed E-state index contributed by atoms with van der Waals surface area (Å²) < 4.78 is 0. The first-order valence-corrected chi connectivity index (χ1v) is 7.66. The molecule has 1 aliphatic carbocycles. The molecular formula is C17H26N2. The lowest BCUT2D eigenvalue weighted by molar-refractivity contribution is 0.372. The number of fused-ring (bicyclic) bond motifs is 1. The lowest BCUT2D eigenvalue weighted by Gasteiger charge is -2.29. The number of nitrogens with zero attached hydrogens (tertiary/aromatic N) is 1. The Bertz CT molecular complexity index is 452. The summed E-state index contributed by atoms with van der Waals surface area (Å²) in [7, 11) is 0. The van der Waals surface area contributed by atoms with Crippen LogP contribution in [0.2, 0.25) is 0 Å². The van der Waals surface area contributed by atoms with Crippen molar-refractivity contribution in [3.8, 4) is 0 Å². The van der Waals surface area contributed by atoms with Crippen LogP contribution in [-0.2, 0) is 0 Å². The van der Waals surface area contributed by atoms with Crippen LogP contribution in [0.25, 0.3) is 0 Å². The molecule has 104 valence electrons. The molecule has 0 aromatic heterocycles. The largest absolute Gasteiger partial charge is 0.368 e. The first-order valence-electron chi connectivity index (χ1n) is 7.66. The van der Waals surface area contributed by atoms with E-state index < -0.39 is 0 Å². The Morgan fingerprint density at radius 2 is 2.11 bits per heavy atom. The molecule has 2 heteroatoms. The Morgan fingerprint density at radius 3 is 2.79 bits per heavy atom. The zero-order valence-corrected chi connectivity index (χ0v) is 12.2. The maximum atomic E-state index is 5.79. The summed E-state index contributed by atoms with van der Waals surface area (Å²) in [5.41, 5.74) is 9.31. The van der Waals surface area contributed by atoms with Gasteiger partial charge in [-0.05, 0) is 49.3 Å². The summed E-state index contributed by atoms with van der Waals surface area (Å²) in [5, 5.41) is 0. The highest BCUT2D eigenvalue weighted by Crippen LogP contribution is 2.46. The first kappa shape index (κ1) is 13.0. The number of hydrogen-bond acceptors (Lipinski definition) is 2. The summed E-state index contributed by atoms with van der Waals surface area (Å²) in [4.78, 5) is 2.67. The van der Waals surface area contributed by atoms with Gasteiger partial charge in [-0.25, -0.2) is 0 Å². The van der Waals surface area contributed by atoms with Gasteiger partial charge in [0.2, 0.25) is 0 Å². The molecule has 2 atom stereocenters. The molecule has 1 aromatic rings. The molecule has 3 rings (SSSR count). The van der Waals surface area contributed by atoms with Crippen molar-refractivity contribution in [2.24, 2.45) is 11.1 Å². The molecule has 1 fully saturated rings. The first-order chi connectivity index (χ1) is 9.11. The van der Waals surface area contributed by atoms with Crippen molar-refractivity contribution >= 4 is 5.69 Å². The molecule has 19 heavy (non-hydrogen) atoms. The van der Waals surface area contributed by atoms with Crippen molar-refractivity contribution in [3.63, 3.8) is 0 Å². The van der Waals surface area contributed by atoms with Gasteiger partial charge in [0.15, 0.2) is 0 Å². The van der Waals surface area contributed by atoms with E-state index in [1.54, 1.807) is 0 Å². The number of benzene rings is 1. The number of para-hydroxylation sites is 1. The highest BCUT2D eigenvalue weighted by Gasteiger charge is 2.38. The summed E-state index contributed by atoms with van der Waals surface area (Å²) in [6.07, 6.45) is 5.15. The van der Waals surface area contributed by atoms with E-state index in [4.69, 9.17) is 5.73 Å². The topological polar surface area (TPSA) is 29.3 Å². The normalized spacial score (nSPS) is 28.7. The summed E-state index contributed by atoms with van der Waals surface area (Å²) >= 11 is 0. The molecule has 1 saturated carbocycles. The van der Waals surface area contributed by atoms with Crippen LogP contribution in [0.5, 0.6) is 0 Å². The van der Waals surface area contributed by atoms with Gasteiger partial charge >= 0.3 is 0 Å². The minimum atomic E-state index is 0.519. The average Bonchev–Trinajstić information content (AvgIpc) is 2.91. The minimum absolute atomic E-state index is 0.519. The van der Waals surface area contributed by atoms with E-state index in [1.165, 1.54) is 37.1 Å². The van der Waals surface area contributed by atoms with Gasteiger partial charge in [0.25, 0.3) is 0 Å². The van der Waals surface area contributed by atoms with Crippen LogP contribution in [0.3, 0.4) is 0 Å². The Labute approximate surface area is 117 Å². The predicted octanol–water partition coefficient (Wildman–Crippen LogP) is 3.52. The molecule has 1 heterocycles. The second kappa shape index (κ2) is 4.82. The molecule has 2 nitrogen and oxygen atoms in total. The molecule has 2 N–H and O–H groups in total. The van der Waals surface area contributed by atoms with Crippen molar-refractivity contribution < 1.29 is 0 Å². The Balaban J connectivity index is 1.85. The van der Waals surface area contributed by atoms with Crippen molar-refractivity contribution in [1.29, 1.82) is 0 Å². The van der Waals surface area contributed by atoms with E-state index in [9.17, 15) is 0 Å². The summed E-state index contributed by atoms with van der Waals surface area (Å²) in [6, 6.07) is 9.69. The fourth-order valence-electron chi connectivity index (χ4n) is 3.99. The van der Waals surface area contributed by atoms with Crippen LogP contribution in [-0.4, -0.2) is 19.1 Å². The molecule has 1 aliphatic heterocycles. The standard InChI is InChI=1S/C17H26N2/c1-17(2)9-7-14(11-17)19-12-13(8-10-18)15-5-3-4-6-16(15)19/h3-6,13-14H,7-12,18H2,1-2H3. The molecule has 0 bridgehead atoms. The van der Waals surface area contributed by atoms with Gasteiger partial charge in [-0.15, -0.1) is 0 Å². The lowest BCUT2D eigenvalue weighted by atomic mass is 9.91. The molecule has 2 unspecified atom stereocenters. The second-order valence-corrected chi connectivity index (χ2v) is 7.05. The van der Waals surface area contributed by atoms with Crippen molar-refractivity contribution in [2.75, 3.05) is 18.0 Å². The van der Waals surface area contributed by atoms with E-state index in [0.717, 1.165) is 19.0 Å². The fraction of sp³-hybridized carbons (Fsp3) is 0.647. The van der Waals surface area contributed by atoms with Crippen molar-refractivity contribution in [1.82, 2.24) is 0 Å². The molecular weight excluding hydrogens is 232 g/mol. The van der Waals surface area contributed by atoms with Crippen LogP contribution in [0.1, 0.15) is 51.0 Å². The minimum Gasteiger partial charge on any atom is -0.368 e. The Hall–Kier alpha value is -1.02. The zero-order chi connectivity index (χ0) is 13.5. The number of anilines is 1. The number of hydrogen-bond donors (Lipinski definition) is 1. The molecule has 0 amide bonds. The quantitative estimate of drug-likeness (QED) is 0.899. The smallest absolute Gasteiger partial charge is 0.0405 e. The number of nitrogens with two attached hydrogens (primary N) is 1. The Kier molecular flexibility index (Phi) is 3.30. The monoisotopic (exact) mass is 258 g/mol. The third kappa shape index (κ3) is 2.38. The highest BCUT2D eigenvalue weighted by atomic mass is 15.2. The van der Waals surface area contributed by atoms with Crippen LogP contribution in [0.4, 0.5) is 5.69 Å². The van der Waals surface area contributed by atoms with Gasteiger partial charge in [0.1, 0.15) is 0 Å². The van der Waals surface area contributed by atoms with Crippen LogP contribution >= 0.6 is 0 Å². The van der Waals surface area contributed by atoms with Gasteiger partial charge in [0.05, 0.1) is 0 Å². The fourth-order valence-corrected chi connectivity index (χ4v) is 3.99. The lowest BCUT2D eigenvalue weighted by Crippen LogP contribution is -2.33. The van der Waals surface area contributed by atoms with Crippen LogP contribution in [0, 0.1) is 5.41 Å². The average molecular weight is 258 g/mol. The van der Waals surface area contributed by atoms with E-state index in [2.05, 4.69) is 43.0 Å². The molecule has 0 saturated heterocycles. The molecule has 0 spiro atoms. The van der Waals surface area contributed by atoms with Crippen LogP contribution < -0.4 is 10.6 Å². The third-order valence-electron chi connectivity index (χ3n) is 5.00. The summed E-state index contributed by atoms with van der Waals surface area (Å²) in [6.45, 7) is 6.79. The van der Waals surface area contributed by atoms with E-state index >= 15 is 0 Å². The van der Waals surface area contributed by atoms with Crippen LogP contribution in [0.15, 0.2) is 24.3 Å². The third-order valence-corrected chi connectivity index (χ3v) is 5.00. The Morgan fingerprint density at radius 1 is 1.32 bits per heavy atom. The maximum Gasteiger partial charge on any atom is 0.0405 e. The second-order valence-electron chi connectivity index (χ2n) is 7.05. The maximum absolute atomic E-state index is 5.79. The van der Waals surface area contributed by atoms with Gasteiger partial charge in [-0.3, -0.25) is 0 Å². The van der Waals surface area contributed by atoms with Gasteiger partial charge in [0, 0.05) is 24.2 Å². The predicted molar refractivity (Wildman–Crippen MR) is 81.6 cm³/mol. The van der Waals surface area contributed by atoms with Gasteiger partial charge in [-0.2, -0.15) is 0 Å². The molecule has 2 aliphatic rings. The molecule has 1 aromatic carbocycles. The van der Waals surface area contributed by atoms with Crippen molar-refractivity contribution in [3.05, 3.63) is 29.8 Å². The SMILES string of the molecule is CC1(C)CCC(N2CC(CCN)c3ccccc32)C1. The van der Waals surface area contributed by atoms with Gasteiger partial charge < -0.3 is 10.6 Å². The number of rotatable bonds is 3. The van der Waals surface area contributed by atoms with E-state index in [1.807, 2.05) is 0 Å².